The zero-order chi connectivity index (χ0) is 17.5. The molecule has 0 aromatic heterocycles. The molecule has 0 saturated heterocycles. The smallest absolute Gasteiger partial charge is 0.338 e. The van der Waals surface area contributed by atoms with Gasteiger partial charge in [-0.15, -0.1) is 0 Å². The first-order valence-corrected chi connectivity index (χ1v) is 7.73. The number of hydrogen-bond donors (Lipinski definition) is 1. The van der Waals surface area contributed by atoms with Gasteiger partial charge in [0.05, 0.1) is 18.7 Å². The van der Waals surface area contributed by atoms with Crippen LogP contribution in [0, 0.1) is 0 Å². The van der Waals surface area contributed by atoms with Crippen LogP contribution < -0.4 is 5.32 Å². The van der Waals surface area contributed by atoms with Crippen molar-refractivity contribution in [3.05, 3.63) is 70.2 Å². The van der Waals surface area contributed by atoms with E-state index >= 15 is 0 Å². The van der Waals surface area contributed by atoms with Gasteiger partial charge < -0.3 is 10.1 Å². The van der Waals surface area contributed by atoms with E-state index in [1.54, 1.807) is 31.2 Å². The second-order valence-corrected chi connectivity index (χ2v) is 5.35. The number of Topliss-reactive ketones (excluding diaryl/α,β-unsaturated/α-hetero) is 1. The van der Waals surface area contributed by atoms with Crippen LogP contribution in [0.2, 0.25) is 5.02 Å². The van der Waals surface area contributed by atoms with Crippen LogP contribution in [0.4, 0.5) is 0 Å². The summed E-state index contributed by atoms with van der Waals surface area (Å²) in [6.07, 6.45) is 0. The highest BCUT2D eigenvalue weighted by atomic mass is 35.5. The van der Waals surface area contributed by atoms with Crippen molar-refractivity contribution in [3.8, 4) is 0 Å². The number of esters is 1. The minimum atomic E-state index is -0.437. The highest BCUT2D eigenvalue weighted by Gasteiger charge is 2.11. The average molecular weight is 346 g/mol. The quantitative estimate of drug-likeness (QED) is 0.645. The van der Waals surface area contributed by atoms with Crippen molar-refractivity contribution in [2.24, 2.45) is 0 Å². The van der Waals surface area contributed by atoms with Gasteiger partial charge in [0.1, 0.15) is 0 Å². The fourth-order valence-electron chi connectivity index (χ4n) is 1.97. The lowest BCUT2D eigenvalue weighted by Crippen LogP contribution is -2.29. The Hall–Kier alpha value is -2.66. The molecule has 0 unspecified atom stereocenters. The molecule has 0 aliphatic rings. The minimum absolute atomic E-state index is 0.139. The van der Waals surface area contributed by atoms with Crippen LogP contribution in [-0.2, 0) is 4.74 Å². The Kier molecular flexibility index (Phi) is 6.09. The Morgan fingerprint density at radius 3 is 2.04 bits per heavy atom. The van der Waals surface area contributed by atoms with Crippen molar-refractivity contribution >= 4 is 29.3 Å². The molecule has 6 heteroatoms. The molecule has 0 aliphatic heterocycles. The number of amides is 1. The van der Waals surface area contributed by atoms with Crippen molar-refractivity contribution < 1.29 is 19.1 Å². The van der Waals surface area contributed by atoms with E-state index < -0.39 is 5.97 Å². The summed E-state index contributed by atoms with van der Waals surface area (Å²) >= 11 is 5.76. The third kappa shape index (κ3) is 4.67. The number of halogens is 1. The Morgan fingerprint density at radius 1 is 0.917 bits per heavy atom. The van der Waals surface area contributed by atoms with Gasteiger partial charge in [0.25, 0.3) is 5.91 Å². The molecule has 5 nitrogen and oxygen atoms in total. The van der Waals surface area contributed by atoms with Crippen LogP contribution in [0.5, 0.6) is 0 Å². The van der Waals surface area contributed by atoms with Gasteiger partial charge >= 0.3 is 5.97 Å². The monoisotopic (exact) mass is 345 g/mol. The van der Waals surface area contributed by atoms with Gasteiger partial charge in [0.15, 0.2) is 5.78 Å². The van der Waals surface area contributed by atoms with Crippen LogP contribution in [0.3, 0.4) is 0 Å². The first kappa shape index (κ1) is 17.7. The zero-order valence-electron chi connectivity index (χ0n) is 13.0. The maximum Gasteiger partial charge on any atom is 0.338 e. The number of ketones is 1. The zero-order valence-corrected chi connectivity index (χ0v) is 13.8. The lowest BCUT2D eigenvalue weighted by molar-refractivity contribution is 0.0526. The summed E-state index contributed by atoms with van der Waals surface area (Å²) in [6, 6.07) is 12.5. The molecule has 24 heavy (non-hydrogen) atoms. The third-order valence-electron chi connectivity index (χ3n) is 3.23. The topological polar surface area (TPSA) is 72.5 Å². The van der Waals surface area contributed by atoms with Gasteiger partial charge in [-0.25, -0.2) is 4.79 Å². The molecule has 2 aromatic rings. The lowest BCUT2D eigenvalue weighted by Gasteiger charge is -2.06. The van der Waals surface area contributed by atoms with E-state index in [0.29, 0.717) is 21.7 Å². The molecule has 0 fully saturated rings. The molecule has 1 N–H and O–H groups in total. The third-order valence-corrected chi connectivity index (χ3v) is 3.49. The number of nitrogens with one attached hydrogen (secondary N) is 1. The average Bonchev–Trinajstić information content (AvgIpc) is 2.60. The molecule has 0 bridgehead atoms. The van der Waals surface area contributed by atoms with Gasteiger partial charge in [-0.1, -0.05) is 23.7 Å². The summed E-state index contributed by atoms with van der Waals surface area (Å²) < 4.78 is 4.87. The molecule has 2 rings (SSSR count). The Balaban J connectivity index is 1.93. The standard InChI is InChI=1S/C18H16ClNO4/c1-2-24-18(23)14-5-3-12(4-6-14)16(21)11-20-17(22)13-7-9-15(19)10-8-13/h3-10H,2,11H2,1H3,(H,20,22). The maximum absolute atomic E-state index is 12.1. The molecule has 0 radical (unpaired) electrons. The Labute approximate surface area is 144 Å². The van der Waals surface area contributed by atoms with Gasteiger partial charge in [0.2, 0.25) is 0 Å². The molecule has 2 aromatic carbocycles. The summed E-state index contributed by atoms with van der Waals surface area (Å²) in [5.74, 6) is -1.05. The predicted octanol–water partition coefficient (Wildman–Crippen LogP) is 3.13. The summed E-state index contributed by atoms with van der Waals surface area (Å²) in [4.78, 5) is 35.6. The Morgan fingerprint density at radius 2 is 1.46 bits per heavy atom. The highest BCUT2D eigenvalue weighted by molar-refractivity contribution is 6.30. The summed E-state index contributed by atoms with van der Waals surface area (Å²) in [5.41, 5.74) is 1.20. The lowest BCUT2D eigenvalue weighted by atomic mass is 10.1. The number of benzene rings is 2. The highest BCUT2D eigenvalue weighted by Crippen LogP contribution is 2.10. The fraction of sp³-hybridized carbons (Fsp3) is 0.167. The normalized spacial score (nSPS) is 10.1. The van der Waals surface area contributed by atoms with Gasteiger partial charge in [0, 0.05) is 16.1 Å². The summed E-state index contributed by atoms with van der Waals surface area (Å²) in [7, 11) is 0. The molecule has 0 heterocycles. The van der Waals surface area contributed by atoms with E-state index in [2.05, 4.69) is 5.32 Å². The Bertz CT molecular complexity index is 739. The van der Waals surface area contributed by atoms with Crippen molar-refractivity contribution in [1.29, 1.82) is 0 Å². The van der Waals surface area contributed by atoms with Crippen LogP contribution >= 0.6 is 11.6 Å². The molecular formula is C18H16ClNO4. The van der Waals surface area contributed by atoms with Gasteiger partial charge in [-0.2, -0.15) is 0 Å². The van der Waals surface area contributed by atoms with Crippen molar-refractivity contribution in [2.75, 3.05) is 13.2 Å². The predicted molar refractivity (Wildman–Crippen MR) is 90.5 cm³/mol. The minimum Gasteiger partial charge on any atom is -0.462 e. The largest absolute Gasteiger partial charge is 0.462 e. The molecule has 0 spiro atoms. The number of carbonyl (C=O) groups excluding carboxylic acids is 3. The molecule has 0 saturated carbocycles. The van der Waals surface area contributed by atoms with Crippen LogP contribution in [0.15, 0.2) is 48.5 Å². The van der Waals surface area contributed by atoms with Crippen molar-refractivity contribution in [2.45, 2.75) is 6.92 Å². The van der Waals surface area contributed by atoms with E-state index in [-0.39, 0.29) is 24.8 Å². The maximum atomic E-state index is 12.1. The van der Waals surface area contributed by atoms with Crippen LogP contribution in [0.1, 0.15) is 38.0 Å². The SMILES string of the molecule is CCOC(=O)c1ccc(C(=O)CNC(=O)c2ccc(Cl)cc2)cc1. The van der Waals surface area contributed by atoms with E-state index in [1.165, 1.54) is 24.3 Å². The van der Waals surface area contributed by atoms with Crippen LogP contribution in [0.25, 0.3) is 0 Å². The first-order valence-electron chi connectivity index (χ1n) is 7.35. The summed E-state index contributed by atoms with van der Waals surface area (Å²) in [5, 5.41) is 3.08. The van der Waals surface area contributed by atoms with Gasteiger partial charge in [-0.05, 0) is 43.3 Å². The van der Waals surface area contributed by atoms with E-state index in [9.17, 15) is 14.4 Å². The molecule has 1 amide bonds. The number of hydrogen-bond acceptors (Lipinski definition) is 4. The van der Waals surface area contributed by atoms with Crippen molar-refractivity contribution in [1.82, 2.24) is 5.32 Å². The van der Waals surface area contributed by atoms with E-state index in [4.69, 9.17) is 16.3 Å². The van der Waals surface area contributed by atoms with E-state index in [0.717, 1.165) is 0 Å². The van der Waals surface area contributed by atoms with Gasteiger partial charge in [-0.3, -0.25) is 9.59 Å². The number of ether oxygens (including phenoxy) is 1. The molecule has 0 aliphatic carbocycles. The second kappa shape index (κ2) is 8.26. The molecule has 0 atom stereocenters. The molecular weight excluding hydrogens is 330 g/mol. The van der Waals surface area contributed by atoms with Crippen molar-refractivity contribution in [3.63, 3.8) is 0 Å². The first-order chi connectivity index (χ1) is 11.5. The number of carbonyl (C=O) groups is 3. The number of rotatable bonds is 6. The fourth-order valence-corrected chi connectivity index (χ4v) is 2.10. The second-order valence-electron chi connectivity index (χ2n) is 4.91. The van der Waals surface area contributed by atoms with Crippen LogP contribution in [-0.4, -0.2) is 30.8 Å². The summed E-state index contributed by atoms with van der Waals surface area (Å²) in [6.45, 7) is 1.87. The van der Waals surface area contributed by atoms with E-state index in [1.807, 2.05) is 0 Å². The molecule has 124 valence electrons.